The van der Waals surface area contributed by atoms with Crippen LogP contribution < -0.4 is 4.90 Å². The van der Waals surface area contributed by atoms with E-state index < -0.39 is 0 Å². The Morgan fingerprint density at radius 1 is 1.00 bits per heavy atom. The fraction of sp³-hybridized carbons (Fsp3) is 0.438. The minimum atomic E-state index is 0.929. The zero-order valence-electron chi connectivity index (χ0n) is 12.4. The first-order valence-electron chi connectivity index (χ1n) is 7.53. The molecule has 3 rings (SSSR count). The van der Waals surface area contributed by atoms with Crippen LogP contribution in [0.4, 0.5) is 5.82 Å². The van der Waals surface area contributed by atoms with Gasteiger partial charge in [-0.1, -0.05) is 13.0 Å². The molecule has 0 radical (unpaired) electrons. The molecular weight excluding hydrogens is 262 g/mol. The third-order valence-corrected chi connectivity index (χ3v) is 3.88. The molecule has 21 heavy (non-hydrogen) atoms. The van der Waals surface area contributed by atoms with E-state index in [1.54, 1.807) is 6.33 Å². The fourth-order valence-corrected chi connectivity index (χ4v) is 2.61. The summed E-state index contributed by atoms with van der Waals surface area (Å²) in [6.07, 6.45) is 4.49. The van der Waals surface area contributed by atoms with Crippen molar-refractivity contribution < 1.29 is 0 Å². The quantitative estimate of drug-likeness (QED) is 0.855. The number of rotatable bonds is 4. The summed E-state index contributed by atoms with van der Waals surface area (Å²) in [7, 11) is 0. The van der Waals surface area contributed by atoms with E-state index in [-0.39, 0.29) is 0 Å². The van der Waals surface area contributed by atoms with Gasteiger partial charge in [-0.05, 0) is 18.6 Å². The number of aryl methyl sites for hydroxylation is 1. The number of hydrogen-bond acceptors (Lipinski definition) is 5. The van der Waals surface area contributed by atoms with Crippen LogP contribution in [0.1, 0.15) is 18.3 Å². The van der Waals surface area contributed by atoms with E-state index in [0.717, 1.165) is 56.4 Å². The van der Waals surface area contributed by atoms with Gasteiger partial charge in [-0.3, -0.25) is 9.88 Å². The number of pyridine rings is 1. The molecule has 0 amide bonds. The van der Waals surface area contributed by atoms with Crippen molar-refractivity contribution in [3.63, 3.8) is 0 Å². The van der Waals surface area contributed by atoms with E-state index in [4.69, 9.17) is 0 Å². The van der Waals surface area contributed by atoms with Crippen LogP contribution in [0.2, 0.25) is 0 Å². The minimum absolute atomic E-state index is 0.929. The van der Waals surface area contributed by atoms with Crippen molar-refractivity contribution in [1.29, 1.82) is 0 Å². The van der Waals surface area contributed by atoms with E-state index >= 15 is 0 Å². The summed E-state index contributed by atoms with van der Waals surface area (Å²) in [6, 6.07) is 8.20. The summed E-state index contributed by atoms with van der Waals surface area (Å²) in [6.45, 7) is 7.15. The average molecular weight is 283 g/mol. The Morgan fingerprint density at radius 2 is 1.86 bits per heavy atom. The second-order valence-electron chi connectivity index (χ2n) is 5.31. The van der Waals surface area contributed by atoms with Crippen LogP contribution in [0, 0.1) is 0 Å². The maximum atomic E-state index is 4.40. The predicted octanol–water partition coefficient (Wildman–Crippen LogP) is 1.76. The highest BCUT2D eigenvalue weighted by Crippen LogP contribution is 2.15. The molecule has 1 aliphatic rings. The van der Waals surface area contributed by atoms with Gasteiger partial charge in [0.25, 0.3) is 0 Å². The van der Waals surface area contributed by atoms with Crippen molar-refractivity contribution in [3.05, 3.63) is 48.2 Å². The minimum Gasteiger partial charge on any atom is -0.354 e. The zero-order valence-corrected chi connectivity index (χ0v) is 12.4. The van der Waals surface area contributed by atoms with Crippen molar-refractivity contribution in [2.24, 2.45) is 0 Å². The van der Waals surface area contributed by atoms with Crippen LogP contribution in [-0.2, 0) is 13.0 Å². The van der Waals surface area contributed by atoms with Crippen LogP contribution in [0.15, 0.2) is 36.8 Å². The van der Waals surface area contributed by atoms with E-state index in [1.807, 2.05) is 18.3 Å². The van der Waals surface area contributed by atoms with Crippen LogP contribution >= 0.6 is 0 Å². The SMILES string of the molecule is CCc1cc(N2CCN(Cc3ccccn3)CC2)ncn1. The third-order valence-electron chi connectivity index (χ3n) is 3.88. The summed E-state index contributed by atoms with van der Waals surface area (Å²) in [5.74, 6) is 1.05. The number of anilines is 1. The molecule has 110 valence electrons. The van der Waals surface area contributed by atoms with Crippen molar-refractivity contribution in [1.82, 2.24) is 19.9 Å². The molecule has 0 atom stereocenters. The lowest BCUT2D eigenvalue weighted by atomic mass is 10.2. The van der Waals surface area contributed by atoms with Crippen LogP contribution in [0.3, 0.4) is 0 Å². The molecule has 0 saturated carbocycles. The smallest absolute Gasteiger partial charge is 0.132 e. The van der Waals surface area contributed by atoms with Gasteiger partial charge in [-0.25, -0.2) is 9.97 Å². The Bertz CT molecular complexity index is 564. The molecular formula is C16H21N5. The third kappa shape index (κ3) is 3.55. The van der Waals surface area contributed by atoms with Crippen molar-refractivity contribution in [3.8, 4) is 0 Å². The maximum absolute atomic E-state index is 4.40. The standard InChI is InChI=1S/C16H21N5/c1-2-14-11-16(19-13-18-14)21-9-7-20(8-10-21)12-15-5-3-4-6-17-15/h3-6,11,13H,2,7-10,12H2,1H3. The zero-order chi connectivity index (χ0) is 14.5. The van der Waals surface area contributed by atoms with Gasteiger partial charge in [0.15, 0.2) is 0 Å². The van der Waals surface area contributed by atoms with Gasteiger partial charge in [0, 0.05) is 50.7 Å². The molecule has 5 nitrogen and oxygen atoms in total. The van der Waals surface area contributed by atoms with Gasteiger partial charge in [-0.15, -0.1) is 0 Å². The molecule has 2 aromatic rings. The molecule has 3 heterocycles. The van der Waals surface area contributed by atoms with Gasteiger partial charge >= 0.3 is 0 Å². The summed E-state index contributed by atoms with van der Waals surface area (Å²) in [5, 5.41) is 0. The molecule has 5 heteroatoms. The van der Waals surface area contributed by atoms with E-state index in [9.17, 15) is 0 Å². The average Bonchev–Trinajstić information content (AvgIpc) is 2.56. The Hall–Kier alpha value is -2.01. The Balaban J connectivity index is 1.57. The predicted molar refractivity (Wildman–Crippen MR) is 83.1 cm³/mol. The van der Waals surface area contributed by atoms with Gasteiger partial charge in [-0.2, -0.15) is 0 Å². The largest absolute Gasteiger partial charge is 0.354 e. The second-order valence-corrected chi connectivity index (χ2v) is 5.31. The van der Waals surface area contributed by atoms with Crippen molar-refractivity contribution in [2.45, 2.75) is 19.9 Å². The normalized spacial score (nSPS) is 16.1. The molecule has 1 fully saturated rings. The molecule has 0 spiro atoms. The Kier molecular flexibility index (Phi) is 4.40. The van der Waals surface area contributed by atoms with Gasteiger partial charge in [0.1, 0.15) is 12.1 Å². The first kappa shape index (κ1) is 13.9. The molecule has 0 aliphatic carbocycles. The lowest BCUT2D eigenvalue weighted by molar-refractivity contribution is 0.246. The van der Waals surface area contributed by atoms with Crippen molar-refractivity contribution >= 4 is 5.82 Å². The number of hydrogen-bond donors (Lipinski definition) is 0. The Morgan fingerprint density at radius 3 is 2.57 bits per heavy atom. The van der Waals surface area contributed by atoms with Gasteiger partial charge in [0.05, 0.1) is 5.69 Å². The topological polar surface area (TPSA) is 45.2 Å². The fourth-order valence-electron chi connectivity index (χ4n) is 2.61. The lowest BCUT2D eigenvalue weighted by Gasteiger charge is -2.35. The first-order chi connectivity index (χ1) is 10.3. The number of piperazine rings is 1. The maximum Gasteiger partial charge on any atom is 0.132 e. The highest BCUT2D eigenvalue weighted by molar-refractivity contribution is 5.39. The molecule has 0 unspecified atom stereocenters. The first-order valence-corrected chi connectivity index (χ1v) is 7.53. The molecule has 2 aromatic heterocycles. The van der Waals surface area contributed by atoms with Gasteiger partial charge < -0.3 is 4.90 Å². The molecule has 0 aromatic carbocycles. The molecule has 0 N–H and O–H groups in total. The van der Waals surface area contributed by atoms with Crippen LogP contribution in [0.25, 0.3) is 0 Å². The molecule has 0 bridgehead atoms. The number of aromatic nitrogens is 3. The van der Waals surface area contributed by atoms with Crippen LogP contribution in [-0.4, -0.2) is 46.0 Å². The summed E-state index contributed by atoms with van der Waals surface area (Å²) < 4.78 is 0. The van der Waals surface area contributed by atoms with Gasteiger partial charge in [0.2, 0.25) is 0 Å². The van der Waals surface area contributed by atoms with E-state index in [2.05, 4.69) is 43.8 Å². The second kappa shape index (κ2) is 6.63. The van der Waals surface area contributed by atoms with Crippen LogP contribution in [0.5, 0.6) is 0 Å². The lowest BCUT2D eigenvalue weighted by Crippen LogP contribution is -2.46. The number of nitrogens with zero attached hydrogens (tertiary/aromatic N) is 5. The van der Waals surface area contributed by atoms with E-state index in [1.165, 1.54) is 0 Å². The molecule has 1 saturated heterocycles. The summed E-state index contributed by atoms with van der Waals surface area (Å²) in [5.41, 5.74) is 2.25. The van der Waals surface area contributed by atoms with E-state index in [0.29, 0.717) is 0 Å². The summed E-state index contributed by atoms with van der Waals surface area (Å²) >= 11 is 0. The highest BCUT2D eigenvalue weighted by Gasteiger charge is 2.18. The monoisotopic (exact) mass is 283 g/mol. The Labute approximate surface area is 125 Å². The van der Waals surface area contributed by atoms with Crippen molar-refractivity contribution in [2.75, 3.05) is 31.1 Å². The highest BCUT2D eigenvalue weighted by atomic mass is 15.3. The molecule has 1 aliphatic heterocycles. The summed E-state index contributed by atoms with van der Waals surface area (Å²) in [4.78, 5) is 17.9.